The molecule has 0 saturated carbocycles. The minimum atomic E-state index is 0. The lowest BCUT2D eigenvalue weighted by molar-refractivity contribution is 0.576. The Morgan fingerprint density at radius 2 is 2.00 bits per heavy atom. The molecule has 0 atom stereocenters. The van der Waals surface area contributed by atoms with E-state index in [0.717, 1.165) is 30.6 Å². The Morgan fingerprint density at radius 3 is 2.61 bits per heavy atom. The van der Waals surface area contributed by atoms with Crippen LogP contribution < -0.4 is 16.8 Å². The molecule has 5 N–H and O–H groups in total. The fraction of sp³-hybridized carbons (Fsp3) is 0.450. The molecule has 7 nitrogen and oxygen atoms in total. The summed E-state index contributed by atoms with van der Waals surface area (Å²) in [4.78, 5) is 4.32. The number of hydrogen-bond acceptors (Lipinski definition) is 4. The van der Waals surface area contributed by atoms with Gasteiger partial charge in [0.25, 0.3) is 0 Å². The van der Waals surface area contributed by atoms with Crippen molar-refractivity contribution in [1.82, 2.24) is 15.1 Å². The smallest absolute Gasteiger partial charge is 0.188 e. The molecule has 0 bridgehead atoms. The number of guanidine groups is 1. The first-order valence-corrected chi connectivity index (χ1v) is 9.30. The highest BCUT2D eigenvalue weighted by atomic mass is 127. The number of halogens is 1. The summed E-state index contributed by atoms with van der Waals surface area (Å²) in [6, 6.07) is 10.0. The number of nitriles is 1. The Bertz CT molecular complexity index is 816. The molecule has 152 valence electrons. The molecule has 0 amide bonds. The van der Waals surface area contributed by atoms with E-state index in [2.05, 4.69) is 35.3 Å². The summed E-state index contributed by atoms with van der Waals surface area (Å²) in [7, 11) is 0. The van der Waals surface area contributed by atoms with Crippen molar-refractivity contribution in [2.24, 2.45) is 16.6 Å². The number of benzene rings is 1. The van der Waals surface area contributed by atoms with E-state index < -0.39 is 0 Å². The summed E-state index contributed by atoms with van der Waals surface area (Å²) in [6.07, 6.45) is 2.41. The first-order valence-electron chi connectivity index (χ1n) is 9.30. The lowest BCUT2D eigenvalue weighted by Gasteiger charge is -2.07. The molecule has 1 aromatic carbocycles. The highest BCUT2D eigenvalue weighted by Gasteiger charge is 2.16. The SMILES string of the molecule is Cc1ccc(-n2nc(CCCN=C(N)NCCC(C)C)c(C#N)c2N)cc1.I. The second-order valence-corrected chi connectivity index (χ2v) is 7.05. The number of nitrogen functional groups attached to an aromatic ring is 1. The molecule has 2 aromatic rings. The molecule has 1 heterocycles. The highest BCUT2D eigenvalue weighted by Crippen LogP contribution is 2.21. The van der Waals surface area contributed by atoms with E-state index in [0.29, 0.717) is 41.9 Å². The predicted molar refractivity (Wildman–Crippen MR) is 125 cm³/mol. The molecule has 2 rings (SSSR count). The van der Waals surface area contributed by atoms with E-state index >= 15 is 0 Å². The van der Waals surface area contributed by atoms with Gasteiger partial charge in [-0.2, -0.15) is 10.4 Å². The molecule has 0 saturated heterocycles. The molecule has 0 radical (unpaired) electrons. The van der Waals surface area contributed by atoms with Crippen molar-refractivity contribution in [3.8, 4) is 11.8 Å². The second-order valence-electron chi connectivity index (χ2n) is 7.05. The number of hydrogen-bond donors (Lipinski definition) is 3. The van der Waals surface area contributed by atoms with Crippen LogP contribution in [-0.4, -0.2) is 28.8 Å². The second kappa shape index (κ2) is 11.5. The van der Waals surface area contributed by atoms with Crippen LogP contribution in [0.2, 0.25) is 0 Å². The minimum absolute atomic E-state index is 0. The quantitative estimate of drug-likeness (QED) is 0.225. The summed E-state index contributed by atoms with van der Waals surface area (Å²) in [5.41, 5.74) is 15.1. The Hall–Kier alpha value is -2.28. The monoisotopic (exact) mass is 495 g/mol. The number of anilines is 1. The van der Waals surface area contributed by atoms with Gasteiger partial charge < -0.3 is 16.8 Å². The fourth-order valence-electron chi connectivity index (χ4n) is 2.65. The molecule has 8 heteroatoms. The third-order valence-corrected chi connectivity index (χ3v) is 4.27. The average molecular weight is 495 g/mol. The standard InChI is InChI=1S/C20H29N7.HI/c1-14(2)10-12-25-20(23)24-11-4-5-18-17(13-21)19(22)27(26-18)16-8-6-15(3)7-9-16;/h6-9,14H,4-5,10-12,22H2,1-3H3,(H3,23,24,25);1H. The van der Waals surface area contributed by atoms with Crippen LogP contribution in [0.15, 0.2) is 29.3 Å². The van der Waals surface area contributed by atoms with Gasteiger partial charge in [-0.05, 0) is 44.2 Å². The van der Waals surface area contributed by atoms with Gasteiger partial charge in [-0.15, -0.1) is 24.0 Å². The Labute approximate surface area is 184 Å². The summed E-state index contributed by atoms with van der Waals surface area (Å²) >= 11 is 0. The van der Waals surface area contributed by atoms with Crippen LogP contribution in [0.1, 0.15) is 43.5 Å². The number of aliphatic imine (C=N–C) groups is 1. The molecule has 0 spiro atoms. The Balaban J connectivity index is 0.00000392. The van der Waals surface area contributed by atoms with Crippen LogP contribution in [-0.2, 0) is 6.42 Å². The fourth-order valence-corrected chi connectivity index (χ4v) is 2.65. The molecular formula is C20H30IN7. The topological polar surface area (TPSA) is 118 Å². The van der Waals surface area contributed by atoms with Gasteiger partial charge in [0.2, 0.25) is 0 Å². The zero-order valence-electron chi connectivity index (χ0n) is 16.8. The molecule has 0 unspecified atom stereocenters. The van der Waals surface area contributed by atoms with Crippen molar-refractivity contribution in [1.29, 1.82) is 5.26 Å². The van der Waals surface area contributed by atoms with Gasteiger partial charge in [0.1, 0.15) is 17.5 Å². The highest BCUT2D eigenvalue weighted by molar-refractivity contribution is 14.0. The van der Waals surface area contributed by atoms with Crippen molar-refractivity contribution >= 4 is 35.8 Å². The van der Waals surface area contributed by atoms with Crippen molar-refractivity contribution in [2.45, 2.75) is 40.0 Å². The van der Waals surface area contributed by atoms with Gasteiger partial charge in [0.15, 0.2) is 5.96 Å². The number of nitrogens with zero attached hydrogens (tertiary/aromatic N) is 4. The number of aromatic nitrogens is 2. The lowest BCUT2D eigenvalue weighted by atomic mass is 10.1. The Kier molecular flexibility index (Phi) is 9.79. The maximum absolute atomic E-state index is 9.45. The molecule has 0 aliphatic rings. The van der Waals surface area contributed by atoms with Gasteiger partial charge >= 0.3 is 0 Å². The van der Waals surface area contributed by atoms with Crippen molar-refractivity contribution in [2.75, 3.05) is 18.8 Å². The van der Waals surface area contributed by atoms with E-state index in [-0.39, 0.29) is 24.0 Å². The van der Waals surface area contributed by atoms with E-state index in [1.165, 1.54) is 0 Å². The van der Waals surface area contributed by atoms with Gasteiger partial charge in [-0.3, -0.25) is 4.99 Å². The first-order chi connectivity index (χ1) is 12.9. The van der Waals surface area contributed by atoms with Crippen LogP contribution in [0, 0.1) is 24.2 Å². The van der Waals surface area contributed by atoms with E-state index in [1.807, 2.05) is 31.2 Å². The molecule has 1 aromatic heterocycles. The summed E-state index contributed by atoms with van der Waals surface area (Å²) < 4.78 is 1.62. The van der Waals surface area contributed by atoms with Gasteiger partial charge in [-0.1, -0.05) is 31.5 Å². The molecule has 28 heavy (non-hydrogen) atoms. The number of nitrogens with one attached hydrogen (secondary N) is 1. The van der Waals surface area contributed by atoms with E-state index in [9.17, 15) is 5.26 Å². The van der Waals surface area contributed by atoms with Crippen molar-refractivity contribution in [3.05, 3.63) is 41.1 Å². The van der Waals surface area contributed by atoms with E-state index in [1.54, 1.807) is 4.68 Å². The zero-order valence-corrected chi connectivity index (χ0v) is 19.1. The number of aryl methyl sites for hydroxylation is 2. The summed E-state index contributed by atoms with van der Waals surface area (Å²) in [6.45, 7) is 7.75. The molecule has 0 aliphatic heterocycles. The van der Waals surface area contributed by atoms with Crippen LogP contribution in [0.25, 0.3) is 5.69 Å². The molecule has 0 aliphatic carbocycles. The summed E-state index contributed by atoms with van der Waals surface area (Å²) in [5.74, 6) is 1.46. The predicted octanol–water partition coefficient (Wildman–Crippen LogP) is 3.14. The van der Waals surface area contributed by atoms with Gasteiger partial charge in [0.05, 0.1) is 11.4 Å². The van der Waals surface area contributed by atoms with Crippen LogP contribution in [0.3, 0.4) is 0 Å². The van der Waals surface area contributed by atoms with Crippen LogP contribution >= 0.6 is 24.0 Å². The maximum Gasteiger partial charge on any atom is 0.188 e. The average Bonchev–Trinajstić information content (AvgIpc) is 2.94. The van der Waals surface area contributed by atoms with Gasteiger partial charge in [-0.25, -0.2) is 4.68 Å². The Morgan fingerprint density at radius 1 is 1.32 bits per heavy atom. The summed E-state index contributed by atoms with van der Waals surface area (Å²) in [5, 5.41) is 17.1. The molecule has 0 fully saturated rings. The number of rotatable bonds is 8. The first kappa shape index (κ1) is 23.8. The van der Waals surface area contributed by atoms with Crippen molar-refractivity contribution < 1.29 is 0 Å². The number of nitrogens with two attached hydrogens (primary N) is 2. The van der Waals surface area contributed by atoms with E-state index in [4.69, 9.17) is 11.5 Å². The van der Waals surface area contributed by atoms with Crippen LogP contribution in [0.4, 0.5) is 5.82 Å². The van der Waals surface area contributed by atoms with Gasteiger partial charge in [0, 0.05) is 13.1 Å². The van der Waals surface area contributed by atoms with Crippen molar-refractivity contribution in [3.63, 3.8) is 0 Å². The zero-order chi connectivity index (χ0) is 19.8. The largest absolute Gasteiger partial charge is 0.382 e. The van der Waals surface area contributed by atoms with Crippen LogP contribution in [0.5, 0.6) is 0 Å². The molecular weight excluding hydrogens is 465 g/mol. The minimum Gasteiger partial charge on any atom is -0.382 e. The lowest BCUT2D eigenvalue weighted by Crippen LogP contribution is -2.33. The third kappa shape index (κ3) is 6.71. The third-order valence-electron chi connectivity index (χ3n) is 4.27. The maximum atomic E-state index is 9.45. The normalized spacial score (nSPS) is 11.2.